The fraction of sp³-hybridized carbons (Fsp3) is 0.250. The zero-order chi connectivity index (χ0) is 23.7. The highest BCUT2D eigenvalue weighted by Gasteiger charge is 2.27. The van der Waals surface area contributed by atoms with Crippen molar-refractivity contribution < 1.29 is 17.9 Å². The van der Waals surface area contributed by atoms with Crippen LogP contribution in [0.25, 0.3) is 16.2 Å². The third kappa shape index (κ3) is 4.49. The molecule has 0 bridgehead atoms. The van der Waals surface area contributed by atoms with Gasteiger partial charge in [0.1, 0.15) is 0 Å². The quantitative estimate of drug-likeness (QED) is 0.441. The first-order valence-corrected chi connectivity index (χ1v) is 13.2. The second-order valence-corrected chi connectivity index (χ2v) is 10.9. The highest BCUT2D eigenvalue weighted by Crippen LogP contribution is 2.26. The predicted octanol–water partition coefficient (Wildman–Crippen LogP) is 3.57. The molecule has 10 heteroatoms. The van der Waals surface area contributed by atoms with E-state index in [0.29, 0.717) is 32.0 Å². The van der Waals surface area contributed by atoms with Gasteiger partial charge in [-0.15, -0.1) is 11.3 Å². The van der Waals surface area contributed by atoms with Gasteiger partial charge in [0.2, 0.25) is 15.9 Å². The highest BCUT2D eigenvalue weighted by atomic mass is 32.2. The molecule has 4 aromatic rings. The summed E-state index contributed by atoms with van der Waals surface area (Å²) in [5.74, 6) is -0.223. The third-order valence-corrected chi connectivity index (χ3v) is 8.57. The number of benzene rings is 2. The smallest absolute Gasteiger partial charge is 0.243 e. The lowest BCUT2D eigenvalue weighted by Gasteiger charge is -2.26. The van der Waals surface area contributed by atoms with Crippen LogP contribution in [0.4, 0.5) is 5.69 Å². The summed E-state index contributed by atoms with van der Waals surface area (Å²) in [7, 11) is -3.65. The maximum Gasteiger partial charge on any atom is 0.243 e. The molecule has 0 spiro atoms. The zero-order valence-electron chi connectivity index (χ0n) is 18.6. The largest absolute Gasteiger partial charge is 0.379 e. The standard InChI is InChI=1S/C24H24N4O4S2/c1-17-7-8-20(34(30,31)27-9-11-32-12-10-27)14-21(17)25-23(29)13-19-16-33-24-26-22(15-28(19)24)18-5-3-2-4-6-18/h2-8,14-16H,9-13H2,1H3,(H,25,29). The van der Waals surface area contributed by atoms with Gasteiger partial charge in [0.15, 0.2) is 4.96 Å². The lowest BCUT2D eigenvalue weighted by molar-refractivity contribution is -0.115. The van der Waals surface area contributed by atoms with Crippen LogP contribution in [0.1, 0.15) is 11.3 Å². The van der Waals surface area contributed by atoms with E-state index in [1.807, 2.05) is 53.2 Å². The molecule has 1 amide bonds. The molecule has 1 N–H and O–H groups in total. The Balaban J connectivity index is 1.34. The molecule has 3 heterocycles. The van der Waals surface area contributed by atoms with Crippen molar-refractivity contribution in [3.05, 3.63) is 71.4 Å². The Hall–Kier alpha value is -3.05. The summed E-state index contributed by atoms with van der Waals surface area (Å²) in [6.45, 7) is 3.24. The van der Waals surface area contributed by atoms with Crippen LogP contribution in [0.3, 0.4) is 0 Å². The van der Waals surface area contributed by atoms with E-state index in [1.165, 1.54) is 21.7 Å². The Morgan fingerprint density at radius 1 is 1.15 bits per heavy atom. The molecule has 2 aromatic heterocycles. The van der Waals surface area contributed by atoms with Crippen molar-refractivity contribution in [2.24, 2.45) is 0 Å². The predicted molar refractivity (Wildman–Crippen MR) is 132 cm³/mol. The van der Waals surface area contributed by atoms with Gasteiger partial charge in [-0.25, -0.2) is 13.4 Å². The number of anilines is 1. The van der Waals surface area contributed by atoms with Gasteiger partial charge in [-0.1, -0.05) is 36.4 Å². The number of aromatic nitrogens is 2. The maximum atomic E-state index is 13.0. The van der Waals surface area contributed by atoms with Crippen LogP contribution in [-0.4, -0.2) is 54.3 Å². The Morgan fingerprint density at radius 2 is 1.91 bits per heavy atom. The lowest BCUT2D eigenvalue weighted by Crippen LogP contribution is -2.40. The number of ether oxygens (including phenoxy) is 1. The number of carbonyl (C=O) groups excluding carboxylic acids is 1. The number of sulfonamides is 1. The van der Waals surface area contributed by atoms with E-state index in [9.17, 15) is 13.2 Å². The van der Waals surface area contributed by atoms with E-state index in [4.69, 9.17) is 4.74 Å². The van der Waals surface area contributed by atoms with E-state index < -0.39 is 10.0 Å². The summed E-state index contributed by atoms with van der Waals surface area (Å²) in [5.41, 5.74) is 3.97. The van der Waals surface area contributed by atoms with Crippen LogP contribution in [0.2, 0.25) is 0 Å². The number of fused-ring (bicyclic) bond motifs is 1. The van der Waals surface area contributed by atoms with E-state index in [0.717, 1.165) is 27.5 Å². The number of morpholine rings is 1. The normalized spacial score (nSPS) is 15.0. The summed E-state index contributed by atoms with van der Waals surface area (Å²) in [4.78, 5) is 18.5. The summed E-state index contributed by atoms with van der Waals surface area (Å²) in [5, 5.41) is 4.81. The fourth-order valence-electron chi connectivity index (χ4n) is 3.90. The van der Waals surface area contributed by atoms with Crippen LogP contribution in [0.15, 0.2) is 65.0 Å². The number of amides is 1. The van der Waals surface area contributed by atoms with Crippen LogP contribution >= 0.6 is 11.3 Å². The molecular weight excluding hydrogens is 472 g/mol. The van der Waals surface area contributed by atoms with Crippen LogP contribution in [0, 0.1) is 6.92 Å². The van der Waals surface area contributed by atoms with Gasteiger partial charge in [0.05, 0.1) is 30.2 Å². The number of rotatable bonds is 6. The summed E-state index contributed by atoms with van der Waals surface area (Å²) < 4.78 is 34.6. The van der Waals surface area contributed by atoms with E-state index in [2.05, 4.69) is 10.3 Å². The first kappa shape index (κ1) is 22.7. The van der Waals surface area contributed by atoms with Crippen molar-refractivity contribution in [1.29, 1.82) is 0 Å². The molecule has 8 nitrogen and oxygen atoms in total. The minimum atomic E-state index is -3.65. The molecule has 1 saturated heterocycles. The number of thiazole rings is 1. The SMILES string of the molecule is Cc1ccc(S(=O)(=O)N2CCOCC2)cc1NC(=O)Cc1csc2nc(-c3ccccc3)cn12. The number of nitrogens with zero attached hydrogens (tertiary/aromatic N) is 3. The number of aryl methyl sites for hydroxylation is 1. The lowest BCUT2D eigenvalue weighted by atomic mass is 10.2. The Kier molecular flexibility index (Phi) is 6.22. The average molecular weight is 497 g/mol. The number of nitrogens with one attached hydrogen (secondary N) is 1. The van der Waals surface area contributed by atoms with Gasteiger partial charge >= 0.3 is 0 Å². The molecule has 0 unspecified atom stereocenters. The Morgan fingerprint density at radius 3 is 2.68 bits per heavy atom. The minimum absolute atomic E-state index is 0.143. The molecule has 176 valence electrons. The van der Waals surface area contributed by atoms with Crippen molar-refractivity contribution >= 4 is 37.9 Å². The van der Waals surface area contributed by atoms with Gasteiger partial charge in [-0.3, -0.25) is 9.20 Å². The molecule has 2 aromatic carbocycles. The summed E-state index contributed by atoms with van der Waals surface area (Å²) in [6.07, 6.45) is 2.08. The number of hydrogen-bond acceptors (Lipinski definition) is 6. The molecule has 0 radical (unpaired) electrons. The zero-order valence-corrected chi connectivity index (χ0v) is 20.2. The second kappa shape index (κ2) is 9.30. The van der Waals surface area contributed by atoms with E-state index in [1.54, 1.807) is 12.1 Å². The van der Waals surface area contributed by atoms with Crippen molar-refractivity contribution in [2.45, 2.75) is 18.2 Å². The fourth-order valence-corrected chi connectivity index (χ4v) is 6.20. The van der Waals surface area contributed by atoms with Crippen molar-refractivity contribution in [2.75, 3.05) is 31.6 Å². The second-order valence-electron chi connectivity index (χ2n) is 8.09. The van der Waals surface area contributed by atoms with Crippen LogP contribution < -0.4 is 5.32 Å². The van der Waals surface area contributed by atoms with Crippen LogP contribution in [-0.2, 0) is 26.0 Å². The van der Waals surface area contributed by atoms with E-state index >= 15 is 0 Å². The Labute approximate surface area is 201 Å². The first-order valence-electron chi connectivity index (χ1n) is 10.9. The molecule has 0 atom stereocenters. The maximum absolute atomic E-state index is 13.0. The van der Waals surface area contributed by atoms with Gasteiger partial charge in [-0.2, -0.15) is 4.31 Å². The van der Waals surface area contributed by atoms with E-state index in [-0.39, 0.29) is 17.2 Å². The number of imidazole rings is 1. The van der Waals surface area contributed by atoms with Gasteiger partial charge < -0.3 is 10.1 Å². The monoisotopic (exact) mass is 496 g/mol. The summed E-state index contributed by atoms with van der Waals surface area (Å²) in [6, 6.07) is 14.7. The number of hydrogen-bond donors (Lipinski definition) is 1. The van der Waals surface area contributed by atoms with Gasteiger partial charge in [0, 0.05) is 41.6 Å². The molecule has 1 aliphatic heterocycles. The average Bonchev–Trinajstić information content (AvgIpc) is 3.43. The molecule has 34 heavy (non-hydrogen) atoms. The van der Waals surface area contributed by atoms with Crippen molar-refractivity contribution in [3.63, 3.8) is 0 Å². The van der Waals surface area contributed by atoms with Gasteiger partial charge in [0.25, 0.3) is 0 Å². The van der Waals surface area contributed by atoms with Crippen molar-refractivity contribution in [1.82, 2.24) is 13.7 Å². The molecule has 0 aliphatic carbocycles. The highest BCUT2D eigenvalue weighted by molar-refractivity contribution is 7.89. The first-order chi connectivity index (χ1) is 16.4. The number of carbonyl (C=O) groups is 1. The molecule has 1 aliphatic rings. The van der Waals surface area contributed by atoms with Crippen LogP contribution in [0.5, 0.6) is 0 Å². The van der Waals surface area contributed by atoms with Gasteiger partial charge in [-0.05, 0) is 24.6 Å². The minimum Gasteiger partial charge on any atom is -0.379 e. The molecule has 1 fully saturated rings. The topological polar surface area (TPSA) is 93.0 Å². The Bertz CT molecular complexity index is 1440. The third-order valence-electron chi connectivity index (χ3n) is 5.79. The molecule has 0 saturated carbocycles. The van der Waals surface area contributed by atoms with Crippen molar-refractivity contribution in [3.8, 4) is 11.3 Å². The molecule has 5 rings (SSSR count). The summed E-state index contributed by atoms with van der Waals surface area (Å²) >= 11 is 1.48. The molecular formula is C24H24N4O4S2.